The molecule has 2 aliphatic rings. The number of carboxylic acids is 1. The Kier molecular flexibility index (Phi) is 4.55. The zero-order valence-corrected chi connectivity index (χ0v) is 10.9. The lowest BCUT2D eigenvalue weighted by molar-refractivity contribution is -0.162. The van der Waals surface area contributed by atoms with E-state index in [9.17, 15) is 9.90 Å². The zero-order valence-electron chi connectivity index (χ0n) is 10.9. The van der Waals surface area contributed by atoms with Gasteiger partial charge in [-0.1, -0.05) is 0 Å². The van der Waals surface area contributed by atoms with E-state index in [1.807, 2.05) is 6.92 Å². The summed E-state index contributed by atoms with van der Waals surface area (Å²) in [5.41, 5.74) is -0.623. The van der Waals surface area contributed by atoms with Crippen molar-refractivity contribution in [2.24, 2.45) is 5.92 Å². The van der Waals surface area contributed by atoms with Crippen LogP contribution in [0.2, 0.25) is 0 Å². The molecule has 0 saturated carbocycles. The first-order valence-corrected chi connectivity index (χ1v) is 6.49. The number of aliphatic carboxylic acids is 1. The summed E-state index contributed by atoms with van der Waals surface area (Å²) in [7, 11) is 0. The van der Waals surface area contributed by atoms with Crippen LogP contribution in [0.3, 0.4) is 0 Å². The van der Waals surface area contributed by atoms with Crippen molar-refractivity contribution in [2.45, 2.75) is 12.5 Å². The maximum atomic E-state index is 11.5. The molecule has 2 N–H and O–H groups in total. The summed E-state index contributed by atoms with van der Waals surface area (Å²) < 4.78 is 11.0. The van der Waals surface area contributed by atoms with E-state index in [2.05, 4.69) is 10.2 Å². The van der Waals surface area contributed by atoms with E-state index in [0.29, 0.717) is 32.9 Å². The fraction of sp³-hybridized carbons (Fsp3) is 0.917. The van der Waals surface area contributed by atoms with Gasteiger partial charge >= 0.3 is 5.97 Å². The summed E-state index contributed by atoms with van der Waals surface area (Å²) in [5.74, 6) is -1.30. The Morgan fingerprint density at radius 3 is 2.72 bits per heavy atom. The van der Waals surface area contributed by atoms with Crippen molar-refractivity contribution in [3.63, 3.8) is 0 Å². The van der Waals surface area contributed by atoms with Crippen LogP contribution in [0.15, 0.2) is 0 Å². The molecule has 2 fully saturated rings. The zero-order chi connectivity index (χ0) is 13.0. The molecule has 0 aromatic carbocycles. The first-order chi connectivity index (χ1) is 8.62. The molecule has 0 radical (unpaired) electrons. The molecule has 0 spiro atoms. The molecule has 104 valence electrons. The summed E-state index contributed by atoms with van der Waals surface area (Å²) in [5, 5.41) is 12.7. The van der Waals surface area contributed by atoms with Gasteiger partial charge in [0.05, 0.1) is 31.3 Å². The normalized spacial score (nSPS) is 32.1. The predicted molar refractivity (Wildman–Crippen MR) is 65.6 cm³/mol. The van der Waals surface area contributed by atoms with Gasteiger partial charge in [0.15, 0.2) is 0 Å². The molecule has 18 heavy (non-hydrogen) atoms. The van der Waals surface area contributed by atoms with Crippen LogP contribution in [0.25, 0.3) is 0 Å². The number of carboxylic acid groups (broad SMARTS) is 1. The lowest BCUT2D eigenvalue weighted by atomic mass is 9.87. The molecule has 2 unspecified atom stereocenters. The molecule has 2 aliphatic heterocycles. The van der Waals surface area contributed by atoms with Crippen LogP contribution in [0.4, 0.5) is 0 Å². The van der Waals surface area contributed by atoms with Gasteiger partial charge in [0.2, 0.25) is 0 Å². The standard InChI is InChI=1S/C12H22N2O4/c1-12(9-13-2-5-18-12)10(11(15)16)8-14-3-6-17-7-4-14/h10,13H,2-9H2,1H3,(H,15,16). The van der Waals surface area contributed by atoms with Crippen LogP contribution in [0.5, 0.6) is 0 Å². The van der Waals surface area contributed by atoms with E-state index in [1.54, 1.807) is 0 Å². The molecule has 2 rings (SSSR count). The molecule has 0 amide bonds. The van der Waals surface area contributed by atoms with Crippen molar-refractivity contribution in [1.29, 1.82) is 0 Å². The molecule has 2 heterocycles. The van der Waals surface area contributed by atoms with Gasteiger partial charge < -0.3 is 19.9 Å². The highest BCUT2D eigenvalue weighted by Crippen LogP contribution is 2.25. The summed E-state index contributed by atoms with van der Waals surface area (Å²) in [4.78, 5) is 13.7. The van der Waals surface area contributed by atoms with Gasteiger partial charge in [0.1, 0.15) is 0 Å². The van der Waals surface area contributed by atoms with Crippen LogP contribution in [0, 0.1) is 5.92 Å². The molecule has 0 bridgehead atoms. The van der Waals surface area contributed by atoms with Gasteiger partial charge in [0, 0.05) is 32.7 Å². The molecule has 0 aromatic heterocycles. The van der Waals surface area contributed by atoms with Crippen LogP contribution in [0.1, 0.15) is 6.92 Å². The van der Waals surface area contributed by atoms with Crippen LogP contribution >= 0.6 is 0 Å². The van der Waals surface area contributed by atoms with E-state index in [1.165, 1.54) is 0 Å². The highest BCUT2D eigenvalue weighted by molar-refractivity contribution is 5.72. The monoisotopic (exact) mass is 258 g/mol. The van der Waals surface area contributed by atoms with Gasteiger partial charge in [-0.2, -0.15) is 0 Å². The Morgan fingerprint density at radius 2 is 2.17 bits per heavy atom. The van der Waals surface area contributed by atoms with Gasteiger partial charge in [-0.05, 0) is 6.92 Å². The number of hydrogen-bond donors (Lipinski definition) is 2. The average Bonchev–Trinajstić information content (AvgIpc) is 2.37. The maximum Gasteiger partial charge on any atom is 0.310 e. The number of morpholine rings is 2. The number of hydrogen-bond acceptors (Lipinski definition) is 5. The Balaban J connectivity index is 2.00. The number of nitrogens with one attached hydrogen (secondary N) is 1. The van der Waals surface area contributed by atoms with Gasteiger partial charge in [-0.25, -0.2) is 0 Å². The molecular weight excluding hydrogens is 236 g/mol. The topological polar surface area (TPSA) is 71.0 Å². The second-order valence-corrected chi connectivity index (χ2v) is 5.14. The van der Waals surface area contributed by atoms with E-state index >= 15 is 0 Å². The SMILES string of the molecule is CC1(C(CN2CCOCC2)C(=O)O)CNCCO1. The van der Waals surface area contributed by atoms with Crippen LogP contribution in [-0.4, -0.2) is 74.1 Å². The first kappa shape index (κ1) is 13.7. The maximum absolute atomic E-state index is 11.5. The van der Waals surface area contributed by atoms with Gasteiger partial charge in [-0.15, -0.1) is 0 Å². The third-order valence-corrected chi connectivity index (χ3v) is 3.77. The summed E-state index contributed by atoms with van der Waals surface area (Å²) in [6.07, 6.45) is 0. The van der Waals surface area contributed by atoms with Crippen molar-refractivity contribution in [3.8, 4) is 0 Å². The number of rotatable bonds is 4. The van der Waals surface area contributed by atoms with E-state index < -0.39 is 17.5 Å². The Labute approximate surface area is 107 Å². The Morgan fingerprint density at radius 1 is 1.44 bits per heavy atom. The highest BCUT2D eigenvalue weighted by Gasteiger charge is 2.42. The van der Waals surface area contributed by atoms with Gasteiger partial charge in [-0.3, -0.25) is 9.69 Å². The number of ether oxygens (including phenoxy) is 2. The van der Waals surface area contributed by atoms with E-state index in [4.69, 9.17) is 9.47 Å². The van der Waals surface area contributed by atoms with Crippen molar-refractivity contribution in [3.05, 3.63) is 0 Å². The summed E-state index contributed by atoms with van der Waals surface area (Å²) in [6, 6.07) is 0. The van der Waals surface area contributed by atoms with Crippen molar-refractivity contribution < 1.29 is 19.4 Å². The minimum absolute atomic E-state index is 0.511. The molecule has 6 nitrogen and oxygen atoms in total. The molecule has 2 atom stereocenters. The van der Waals surface area contributed by atoms with Crippen LogP contribution in [-0.2, 0) is 14.3 Å². The van der Waals surface area contributed by atoms with Crippen molar-refractivity contribution in [2.75, 3.05) is 52.5 Å². The highest BCUT2D eigenvalue weighted by atomic mass is 16.5. The lowest BCUT2D eigenvalue weighted by Gasteiger charge is -2.41. The van der Waals surface area contributed by atoms with E-state index in [0.717, 1.165) is 19.6 Å². The summed E-state index contributed by atoms with van der Waals surface area (Å²) in [6.45, 7) is 7.33. The Bertz CT molecular complexity index is 286. The minimum Gasteiger partial charge on any atom is -0.481 e. The van der Waals surface area contributed by atoms with Gasteiger partial charge in [0.25, 0.3) is 0 Å². The molecule has 6 heteroatoms. The third kappa shape index (κ3) is 3.20. The predicted octanol–water partition coefficient (Wildman–Crippen LogP) is -0.602. The average molecular weight is 258 g/mol. The molecule has 0 aromatic rings. The minimum atomic E-state index is -0.785. The van der Waals surface area contributed by atoms with Crippen molar-refractivity contribution >= 4 is 5.97 Å². The fourth-order valence-corrected chi connectivity index (χ4v) is 2.54. The largest absolute Gasteiger partial charge is 0.481 e. The van der Waals surface area contributed by atoms with Crippen LogP contribution < -0.4 is 5.32 Å². The Hall–Kier alpha value is -0.690. The van der Waals surface area contributed by atoms with E-state index in [-0.39, 0.29) is 0 Å². The third-order valence-electron chi connectivity index (χ3n) is 3.77. The second kappa shape index (κ2) is 5.97. The quantitative estimate of drug-likeness (QED) is 0.701. The van der Waals surface area contributed by atoms with Crippen molar-refractivity contribution in [1.82, 2.24) is 10.2 Å². The lowest BCUT2D eigenvalue weighted by Crippen LogP contribution is -2.58. The fourth-order valence-electron chi connectivity index (χ4n) is 2.54. The number of nitrogens with zero attached hydrogens (tertiary/aromatic N) is 1. The molecule has 2 saturated heterocycles. The molecular formula is C12H22N2O4. The second-order valence-electron chi connectivity index (χ2n) is 5.14. The smallest absolute Gasteiger partial charge is 0.310 e. The first-order valence-electron chi connectivity index (χ1n) is 6.49. The molecule has 0 aliphatic carbocycles. The number of carbonyl (C=O) groups is 1. The summed E-state index contributed by atoms with van der Waals surface area (Å²) >= 11 is 0.